The Morgan fingerprint density at radius 1 is 0.383 bits per heavy atom. The lowest BCUT2D eigenvalue weighted by Crippen LogP contribution is -2.29. The van der Waals surface area contributed by atoms with Crippen LogP contribution in [0.3, 0.4) is 0 Å². The van der Waals surface area contributed by atoms with E-state index in [1.807, 2.05) is 0 Å². The number of hydrogen-bond acceptors (Lipinski definition) is 8. The fourth-order valence-corrected chi connectivity index (χ4v) is 9.48. The second-order valence-corrected chi connectivity index (χ2v) is 22.7. The van der Waals surface area contributed by atoms with Gasteiger partial charge in [0.05, 0.1) is 13.2 Å². The van der Waals surface area contributed by atoms with Gasteiger partial charge in [-0.1, -0.05) is 276 Å². The summed E-state index contributed by atoms with van der Waals surface area (Å²) in [5.41, 5.74) is 5.39. The number of ether oxygens (including phenoxy) is 2. The van der Waals surface area contributed by atoms with Gasteiger partial charge in [-0.15, -0.1) is 0 Å². The number of rotatable bonds is 60. The maximum Gasteiger partial charge on any atom is 0.472 e. The van der Waals surface area contributed by atoms with E-state index >= 15 is 0 Å². The summed E-state index contributed by atoms with van der Waals surface area (Å²) in [6, 6.07) is 0. The van der Waals surface area contributed by atoms with Crippen molar-refractivity contribution in [1.29, 1.82) is 0 Å². The van der Waals surface area contributed by atoms with E-state index in [2.05, 4.69) is 148 Å². The van der Waals surface area contributed by atoms with Crippen LogP contribution in [0.2, 0.25) is 0 Å². The number of carbonyl (C=O) groups excluding carboxylic acids is 2. The summed E-state index contributed by atoms with van der Waals surface area (Å²) in [6.07, 6.45) is 92.4. The predicted octanol–water partition coefficient (Wildman–Crippen LogP) is 21.3. The van der Waals surface area contributed by atoms with E-state index in [1.165, 1.54) is 128 Å². The molecular formula is C71H120NO8P. The minimum absolute atomic E-state index is 0.0475. The highest BCUT2D eigenvalue weighted by molar-refractivity contribution is 7.47. The number of esters is 2. The van der Waals surface area contributed by atoms with E-state index in [4.69, 9.17) is 24.3 Å². The first-order chi connectivity index (χ1) is 39.8. The summed E-state index contributed by atoms with van der Waals surface area (Å²) in [7, 11) is -4.40. The van der Waals surface area contributed by atoms with Gasteiger partial charge in [-0.3, -0.25) is 18.6 Å². The molecule has 0 aromatic rings. The van der Waals surface area contributed by atoms with Gasteiger partial charge >= 0.3 is 19.8 Å². The van der Waals surface area contributed by atoms with E-state index in [1.54, 1.807) is 0 Å². The molecule has 10 heteroatoms. The Labute approximate surface area is 497 Å². The second-order valence-electron chi connectivity index (χ2n) is 21.2. The van der Waals surface area contributed by atoms with Crippen molar-refractivity contribution in [2.45, 2.75) is 277 Å². The summed E-state index contributed by atoms with van der Waals surface area (Å²) in [4.78, 5) is 35.3. The normalized spacial score (nSPS) is 13.9. The highest BCUT2D eigenvalue weighted by Gasteiger charge is 2.26. The lowest BCUT2D eigenvalue weighted by molar-refractivity contribution is -0.161. The lowest BCUT2D eigenvalue weighted by atomic mass is 10.0. The molecule has 0 aromatic carbocycles. The molecule has 0 aromatic heterocycles. The van der Waals surface area contributed by atoms with E-state index < -0.39 is 26.5 Å². The van der Waals surface area contributed by atoms with Gasteiger partial charge in [-0.05, 0) is 116 Å². The fraction of sp³-hybridized carbons (Fsp3) is 0.662. The fourth-order valence-electron chi connectivity index (χ4n) is 8.72. The Hall–Kier alpha value is -3.85. The Balaban J connectivity index is 3.95. The highest BCUT2D eigenvalue weighted by atomic mass is 31.2. The van der Waals surface area contributed by atoms with Crippen molar-refractivity contribution < 1.29 is 37.6 Å². The van der Waals surface area contributed by atoms with Gasteiger partial charge in [-0.2, -0.15) is 0 Å². The molecule has 2 unspecified atom stereocenters. The van der Waals surface area contributed by atoms with E-state index in [0.717, 1.165) is 109 Å². The third-order valence-corrected chi connectivity index (χ3v) is 14.5. The number of allylic oxidation sites excluding steroid dienone is 22. The SMILES string of the molecule is CC/C=C\C/C=C\C/C=C\C/C=C\C/C=C\C/C=C\C/C=C\C/C=C\C/C=C\C/C=C\CCCCCCCCCCCCC(=O)OC(COC(=O)CCCCCCCCCCC/C=C\CCCCCCCC)COP(=O)(O)OCCN. The number of carbonyl (C=O) groups is 2. The third-order valence-electron chi connectivity index (χ3n) is 13.5. The van der Waals surface area contributed by atoms with Crippen LogP contribution in [0.1, 0.15) is 271 Å². The summed E-state index contributed by atoms with van der Waals surface area (Å²) >= 11 is 0. The molecule has 0 aliphatic rings. The average Bonchev–Trinajstić information content (AvgIpc) is 3.46. The molecule has 3 N–H and O–H groups in total. The van der Waals surface area contributed by atoms with Crippen LogP contribution in [0.4, 0.5) is 0 Å². The molecule has 0 aliphatic heterocycles. The van der Waals surface area contributed by atoms with Crippen molar-refractivity contribution >= 4 is 19.8 Å². The van der Waals surface area contributed by atoms with Gasteiger partial charge in [0.25, 0.3) is 0 Å². The van der Waals surface area contributed by atoms with Crippen LogP contribution in [-0.2, 0) is 32.7 Å². The zero-order chi connectivity index (χ0) is 58.7. The first-order valence-corrected chi connectivity index (χ1v) is 34.2. The summed E-state index contributed by atoms with van der Waals surface area (Å²) in [5.74, 6) is -0.836. The number of phosphoric acid groups is 1. The van der Waals surface area contributed by atoms with Crippen molar-refractivity contribution in [3.05, 3.63) is 134 Å². The first kappa shape index (κ1) is 77.2. The van der Waals surface area contributed by atoms with Gasteiger partial charge in [0.1, 0.15) is 6.61 Å². The Kier molecular flexibility index (Phi) is 62.2. The van der Waals surface area contributed by atoms with E-state index in [-0.39, 0.29) is 38.6 Å². The van der Waals surface area contributed by atoms with Crippen molar-refractivity contribution in [3.8, 4) is 0 Å². The number of hydrogen-bond donors (Lipinski definition) is 2. The summed E-state index contributed by atoms with van der Waals surface area (Å²) < 4.78 is 33.1. The third kappa shape index (κ3) is 65.2. The molecule has 81 heavy (non-hydrogen) atoms. The topological polar surface area (TPSA) is 134 Å². The maximum atomic E-state index is 12.7. The van der Waals surface area contributed by atoms with Crippen LogP contribution < -0.4 is 5.73 Å². The standard InChI is InChI=1S/C71H120NO8P/c1-3-5-7-9-11-13-15-17-19-21-23-24-25-26-27-28-29-30-31-32-33-34-35-36-37-38-39-40-41-42-43-44-46-48-50-52-54-56-58-60-62-64-71(74)80-69(68-79-81(75,76)78-66-65-72)67-77-70(73)63-61-59-57-55-53-51-49-47-45-22-20-18-16-14-12-10-8-6-4-2/h5,7,11,13,17-20,23-24,26-27,29-30,32-33,35-36,38-39,41-42,69H,3-4,6,8-10,12,14-16,21-22,25,28,31,34,37,40,43-68,72H2,1-2H3,(H,75,76)/b7-5-,13-11-,19-17-,20-18-,24-23-,27-26-,30-29-,33-32-,36-35-,39-38-,42-41-. The Morgan fingerprint density at radius 2 is 0.679 bits per heavy atom. The van der Waals surface area contributed by atoms with Crippen LogP contribution in [0.5, 0.6) is 0 Å². The van der Waals surface area contributed by atoms with Gasteiger partial charge in [0.15, 0.2) is 6.10 Å². The molecule has 0 heterocycles. The Morgan fingerprint density at radius 3 is 1.02 bits per heavy atom. The lowest BCUT2D eigenvalue weighted by Gasteiger charge is -2.19. The highest BCUT2D eigenvalue weighted by Crippen LogP contribution is 2.43. The molecule has 0 saturated heterocycles. The molecule has 0 fully saturated rings. The molecule has 0 bridgehead atoms. The largest absolute Gasteiger partial charge is 0.472 e. The molecule has 0 radical (unpaired) electrons. The smallest absolute Gasteiger partial charge is 0.462 e. The predicted molar refractivity (Wildman–Crippen MR) is 348 cm³/mol. The molecule has 0 amide bonds. The van der Waals surface area contributed by atoms with Gasteiger partial charge < -0.3 is 20.1 Å². The van der Waals surface area contributed by atoms with Crippen LogP contribution in [0, 0.1) is 0 Å². The summed E-state index contributed by atoms with van der Waals surface area (Å²) in [6.45, 7) is 3.63. The van der Waals surface area contributed by atoms with Crippen LogP contribution in [0.15, 0.2) is 134 Å². The number of unbranched alkanes of at least 4 members (excludes halogenated alkanes) is 25. The average molecular weight is 1150 g/mol. The molecule has 2 atom stereocenters. The minimum atomic E-state index is -4.40. The van der Waals surface area contributed by atoms with Crippen molar-refractivity contribution in [2.75, 3.05) is 26.4 Å². The number of nitrogens with two attached hydrogens (primary N) is 1. The van der Waals surface area contributed by atoms with Gasteiger partial charge in [-0.25, -0.2) is 4.57 Å². The van der Waals surface area contributed by atoms with Crippen LogP contribution >= 0.6 is 7.82 Å². The molecule has 0 rings (SSSR count). The molecular weight excluding hydrogens is 1030 g/mol. The van der Waals surface area contributed by atoms with E-state index in [9.17, 15) is 19.0 Å². The van der Waals surface area contributed by atoms with Gasteiger partial charge in [0, 0.05) is 19.4 Å². The van der Waals surface area contributed by atoms with Crippen LogP contribution in [-0.4, -0.2) is 49.3 Å². The van der Waals surface area contributed by atoms with Gasteiger partial charge in [0.2, 0.25) is 0 Å². The van der Waals surface area contributed by atoms with E-state index in [0.29, 0.717) is 6.42 Å². The maximum absolute atomic E-state index is 12.7. The second kappa shape index (κ2) is 65.3. The number of phosphoric ester groups is 1. The Bertz CT molecular complexity index is 1790. The quantitative estimate of drug-likeness (QED) is 0.0264. The monoisotopic (exact) mass is 1150 g/mol. The minimum Gasteiger partial charge on any atom is -0.462 e. The van der Waals surface area contributed by atoms with Crippen molar-refractivity contribution in [2.24, 2.45) is 5.73 Å². The zero-order valence-corrected chi connectivity index (χ0v) is 52.6. The summed E-state index contributed by atoms with van der Waals surface area (Å²) in [5, 5.41) is 0. The molecule has 9 nitrogen and oxygen atoms in total. The first-order valence-electron chi connectivity index (χ1n) is 32.7. The molecule has 462 valence electrons. The van der Waals surface area contributed by atoms with Crippen molar-refractivity contribution in [3.63, 3.8) is 0 Å². The molecule has 0 spiro atoms. The molecule has 0 saturated carbocycles. The van der Waals surface area contributed by atoms with Crippen LogP contribution in [0.25, 0.3) is 0 Å². The molecule has 0 aliphatic carbocycles. The zero-order valence-electron chi connectivity index (χ0n) is 51.7. The van der Waals surface area contributed by atoms with Crippen molar-refractivity contribution in [1.82, 2.24) is 0 Å².